The summed E-state index contributed by atoms with van der Waals surface area (Å²) in [6.07, 6.45) is 5.84. The van der Waals surface area contributed by atoms with Crippen LogP contribution in [-0.2, 0) is 9.47 Å². The number of para-hydroxylation sites is 1. The topological polar surface area (TPSA) is 68.2 Å². The molecule has 0 aliphatic carbocycles. The van der Waals surface area contributed by atoms with Crippen molar-refractivity contribution in [3.63, 3.8) is 0 Å². The van der Waals surface area contributed by atoms with Crippen LogP contribution in [0.1, 0.15) is 36.0 Å². The molecular formula is C21H27NO5. The first-order chi connectivity index (χ1) is 13.2. The Morgan fingerprint density at radius 1 is 1.33 bits per heavy atom. The molecule has 3 aliphatic heterocycles. The van der Waals surface area contributed by atoms with E-state index < -0.39 is 0 Å². The molecule has 1 amide bonds. The van der Waals surface area contributed by atoms with Gasteiger partial charge in [-0.05, 0) is 37.8 Å². The molecule has 4 rings (SSSR count). The lowest BCUT2D eigenvalue weighted by molar-refractivity contribution is -0.0739. The van der Waals surface area contributed by atoms with Crippen LogP contribution in [0.2, 0.25) is 0 Å². The van der Waals surface area contributed by atoms with Gasteiger partial charge in [-0.2, -0.15) is 0 Å². The average molecular weight is 373 g/mol. The highest BCUT2D eigenvalue weighted by Crippen LogP contribution is 2.48. The minimum Gasteiger partial charge on any atom is -0.504 e. The molecule has 3 aliphatic rings. The molecule has 0 aromatic heterocycles. The molecular weight excluding hydrogens is 346 g/mol. The monoisotopic (exact) mass is 373 g/mol. The van der Waals surface area contributed by atoms with Gasteiger partial charge in [0.15, 0.2) is 11.5 Å². The van der Waals surface area contributed by atoms with Crippen molar-refractivity contribution in [2.75, 3.05) is 40.1 Å². The standard InChI is InChI=1S/C21H27NO5/c1-25-17-5-2-4-16(19(17)23)20(24)22-10-3-9-21(14-27-13-8-18(21)22)15-6-11-26-12-7-15/h2,4-6,18,23H,3,7-14H2,1H3/t18-,21-/m0/s1. The first-order valence-corrected chi connectivity index (χ1v) is 9.69. The summed E-state index contributed by atoms with van der Waals surface area (Å²) in [5.74, 6) is 0.108. The lowest BCUT2D eigenvalue weighted by Crippen LogP contribution is -2.59. The van der Waals surface area contributed by atoms with Gasteiger partial charge in [0.05, 0.1) is 32.5 Å². The van der Waals surface area contributed by atoms with Crippen molar-refractivity contribution in [3.05, 3.63) is 35.4 Å². The van der Waals surface area contributed by atoms with Crippen molar-refractivity contribution in [1.82, 2.24) is 4.90 Å². The smallest absolute Gasteiger partial charge is 0.258 e. The molecule has 6 heteroatoms. The predicted octanol–water partition coefficient (Wildman–Crippen LogP) is 2.76. The van der Waals surface area contributed by atoms with Gasteiger partial charge in [0.1, 0.15) is 0 Å². The van der Waals surface area contributed by atoms with Crippen LogP contribution < -0.4 is 4.74 Å². The number of nitrogens with zero attached hydrogens (tertiary/aromatic N) is 1. The molecule has 0 spiro atoms. The van der Waals surface area contributed by atoms with Gasteiger partial charge in [-0.1, -0.05) is 17.7 Å². The van der Waals surface area contributed by atoms with E-state index in [2.05, 4.69) is 6.08 Å². The fraction of sp³-hybridized carbons (Fsp3) is 0.571. The second kappa shape index (κ2) is 7.52. The number of phenolic OH excluding ortho intramolecular Hbond substituents is 1. The summed E-state index contributed by atoms with van der Waals surface area (Å²) in [6, 6.07) is 5.16. The van der Waals surface area contributed by atoms with Crippen molar-refractivity contribution in [2.24, 2.45) is 5.41 Å². The van der Waals surface area contributed by atoms with Crippen molar-refractivity contribution in [2.45, 2.75) is 31.7 Å². The maximum absolute atomic E-state index is 13.4. The molecule has 0 unspecified atom stereocenters. The quantitative estimate of drug-likeness (QED) is 0.825. The predicted molar refractivity (Wildman–Crippen MR) is 100 cm³/mol. The number of ether oxygens (including phenoxy) is 3. The number of rotatable bonds is 3. The van der Waals surface area contributed by atoms with Gasteiger partial charge in [0.25, 0.3) is 5.91 Å². The summed E-state index contributed by atoms with van der Waals surface area (Å²) in [5.41, 5.74) is 1.54. The van der Waals surface area contributed by atoms with E-state index in [-0.39, 0.29) is 23.1 Å². The number of methoxy groups -OCH3 is 1. The molecule has 2 atom stereocenters. The first-order valence-electron chi connectivity index (χ1n) is 9.69. The number of benzene rings is 1. The minimum atomic E-state index is -0.134. The van der Waals surface area contributed by atoms with Crippen LogP contribution in [0.5, 0.6) is 11.5 Å². The van der Waals surface area contributed by atoms with Crippen molar-refractivity contribution >= 4 is 5.91 Å². The van der Waals surface area contributed by atoms with E-state index in [4.69, 9.17) is 14.2 Å². The Hall–Kier alpha value is -2.05. The third-order valence-electron chi connectivity index (χ3n) is 6.24. The van der Waals surface area contributed by atoms with Crippen LogP contribution in [0.3, 0.4) is 0 Å². The van der Waals surface area contributed by atoms with Gasteiger partial charge in [0, 0.05) is 24.6 Å². The second-order valence-electron chi connectivity index (χ2n) is 7.53. The molecule has 1 N–H and O–H groups in total. The van der Waals surface area contributed by atoms with Crippen LogP contribution in [0.4, 0.5) is 0 Å². The molecule has 146 valence electrons. The Bertz CT molecular complexity index is 742. The van der Waals surface area contributed by atoms with Gasteiger partial charge >= 0.3 is 0 Å². The van der Waals surface area contributed by atoms with E-state index in [0.29, 0.717) is 37.7 Å². The van der Waals surface area contributed by atoms with Crippen molar-refractivity contribution in [3.8, 4) is 11.5 Å². The summed E-state index contributed by atoms with van der Waals surface area (Å²) in [4.78, 5) is 15.3. The number of carbonyl (C=O) groups is 1. The number of hydrogen-bond acceptors (Lipinski definition) is 5. The normalized spacial score (nSPS) is 28.3. The summed E-state index contributed by atoms with van der Waals surface area (Å²) in [7, 11) is 1.49. The third-order valence-corrected chi connectivity index (χ3v) is 6.24. The average Bonchev–Trinajstić information content (AvgIpc) is 2.73. The second-order valence-corrected chi connectivity index (χ2v) is 7.53. The molecule has 0 radical (unpaired) electrons. The third kappa shape index (κ3) is 3.11. The highest BCUT2D eigenvalue weighted by atomic mass is 16.5. The Morgan fingerprint density at radius 2 is 2.22 bits per heavy atom. The van der Waals surface area contributed by atoms with Crippen molar-refractivity contribution in [1.29, 1.82) is 0 Å². The van der Waals surface area contributed by atoms with Gasteiger partial charge in [0.2, 0.25) is 0 Å². The van der Waals surface area contributed by atoms with Crippen LogP contribution in [0.15, 0.2) is 29.8 Å². The molecule has 2 fully saturated rings. The van der Waals surface area contributed by atoms with Crippen molar-refractivity contribution < 1.29 is 24.1 Å². The minimum absolute atomic E-state index is 0.0847. The van der Waals surface area contributed by atoms with E-state index in [1.165, 1.54) is 12.7 Å². The Balaban J connectivity index is 1.69. The molecule has 0 saturated carbocycles. The SMILES string of the molecule is COc1cccc(C(=O)N2CCC[C@@]3(C4=CCOCC4)COCC[C@H]23)c1O. The van der Waals surface area contributed by atoms with E-state index in [1.54, 1.807) is 18.2 Å². The van der Waals surface area contributed by atoms with Gasteiger partial charge in [-0.15, -0.1) is 0 Å². The van der Waals surface area contributed by atoms with Crippen LogP contribution in [0.25, 0.3) is 0 Å². The van der Waals surface area contributed by atoms with E-state index >= 15 is 0 Å². The fourth-order valence-electron chi connectivity index (χ4n) is 4.94. The van der Waals surface area contributed by atoms with E-state index in [1.807, 2.05) is 4.90 Å². The number of aromatic hydroxyl groups is 1. The fourth-order valence-corrected chi connectivity index (χ4v) is 4.94. The first kappa shape index (κ1) is 18.3. The maximum Gasteiger partial charge on any atom is 0.258 e. The Kier molecular flexibility index (Phi) is 5.10. The van der Waals surface area contributed by atoms with E-state index in [9.17, 15) is 9.90 Å². The summed E-state index contributed by atoms with van der Waals surface area (Å²) < 4.78 is 16.6. The maximum atomic E-state index is 13.4. The van der Waals surface area contributed by atoms with E-state index in [0.717, 1.165) is 32.3 Å². The number of piperidine rings is 1. The van der Waals surface area contributed by atoms with Gasteiger partial charge < -0.3 is 24.2 Å². The number of phenols is 1. The largest absolute Gasteiger partial charge is 0.504 e. The van der Waals surface area contributed by atoms with Crippen LogP contribution in [0, 0.1) is 5.41 Å². The molecule has 27 heavy (non-hydrogen) atoms. The summed E-state index contributed by atoms with van der Waals surface area (Å²) in [5, 5.41) is 10.5. The molecule has 3 heterocycles. The number of amides is 1. The highest BCUT2D eigenvalue weighted by Gasteiger charge is 2.50. The van der Waals surface area contributed by atoms with Crippen LogP contribution in [-0.4, -0.2) is 62.0 Å². The lowest BCUT2D eigenvalue weighted by atomic mass is 9.65. The summed E-state index contributed by atoms with van der Waals surface area (Å²) in [6.45, 7) is 3.37. The number of likely N-dealkylation sites (tertiary alicyclic amines) is 1. The Morgan fingerprint density at radius 3 is 3.00 bits per heavy atom. The van der Waals surface area contributed by atoms with Gasteiger partial charge in [-0.3, -0.25) is 4.79 Å². The highest BCUT2D eigenvalue weighted by molar-refractivity contribution is 5.98. The van der Waals surface area contributed by atoms with Crippen LogP contribution >= 0.6 is 0 Å². The summed E-state index contributed by atoms with van der Waals surface area (Å²) >= 11 is 0. The number of carbonyl (C=O) groups excluding carboxylic acids is 1. The number of hydrogen-bond donors (Lipinski definition) is 1. The molecule has 2 saturated heterocycles. The molecule has 0 bridgehead atoms. The Labute approximate surface area is 159 Å². The molecule has 1 aromatic rings. The zero-order valence-corrected chi connectivity index (χ0v) is 15.8. The van der Waals surface area contributed by atoms with Gasteiger partial charge in [-0.25, -0.2) is 0 Å². The lowest BCUT2D eigenvalue weighted by Gasteiger charge is -2.54. The molecule has 6 nitrogen and oxygen atoms in total. The molecule has 1 aromatic carbocycles. The number of fused-ring (bicyclic) bond motifs is 1. The zero-order valence-electron chi connectivity index (χ0n) is 15.8. The zero-order chi connectivity index (χ0) is 18.9.